The number of nitrogens with zero attached hydrogens (tertiary/aromatic N) is 2. The van der Waals surface area contributed by atoms with Gasteiger partial charge >= 0.3 is 0 Å². The molecule has 0 unspecified atom stereocenters. The van der Waals surface area contributed by atoms with Crippen molar-refractivity contribution in [2.45, 2.75) is 13.6 Å². The monoisotopic (exact) mass is 482 g/mol. The average molecular weight is 485 g/mol. The highest BCUT2D eigenvalue weighted by Gasteiger charge is 2.40. The Labute approximate surface area is 142 Å². The largest absolute Gasteiger partial charge is 0.251 e. The number of hydrogen-bond acceptors (Lipinski definition) is 4. The fraction of sp³-hybridized carbons (Fsp3) is 0.167. The van der Waals surface area contributed by atoms with Crippen molar-refractivity contribution in [1.29, 1.82) is 0 Å². The Kier molecular flexibility index (Phi) is 4.68. The van der Waals surface area contributed by atoms with Crippen molar-refractivity contribution in [2.75, 3.05) is 0 Å². The summed E-state index contributed by atoms with van der Waals surface area (Å²) in [5.74, 6) is 0. The summed E-state index contributed by atoms with van der Waals surface area (Å²) in [4.78, 5) is 8.16. The van der Waals surface area contributed by atoms with E-state index in [1.165, 1.54) is 0 Å². The number of halogens is 3. The molecule has 0 bridgehead atoms. The van der Waals surface area contributed by atoms with Gasteiger partial charge in [-0.3, -0.25) is 0 Å². The third kappa shape index (κ3) is 3.29. The van der Waals surface area contributed by atoms with Gasteiger partial charge in [-0.15, -0.1) is 0 Å². The van der Waals surface area contributed by atoms with E-state index in [4.69, 9.17) is 0 Å². The molecule has 0 fully saturated rings. The molecule has 8 heteroatoms. The lowest BCUT2D eigenvalue weighted by molar-refractivity contribution is 0.589. The molecule has 0 aliphatic rings. The molecule has 2 aromatic rings. The van der Waals surface area contributed by atoms with Crippen LogP contribution < -0.4 is 0 Å². The van der Waals surface area contributed by atoms with E-state index in [9.17, 15) is 8.42 Å². The molecular weight excluding hydrogens is 476 g/mol. The van der Waals surface area contributed by atoms with Crippen LogP contribution in [0.2, 0.25) is 0 Å². The summed E-state index contributed by atoms with van der Waals surface area (Å²) >= 11 is 9.02. The normalized spacial score (nSPS) is 12.4. The fourth-order valence-electron chi connectivity index (χ4n) is 1.52. The van der Waals surface area contributed by atoms with Crippen molar-refractivity contribution in [3.8, 4) is 11.3 Å². The standard InChI is InChI=1S/C12H9Br3N2O2S/c1-8-7-10(9-5-3-2-4-6-9)17-11(16-8)20(18,19)12(13,14)15/h2-7H,1H3. The van der Waals surface area contributed by atoms with Crippen molar-refractivity contribution < 1.29 is 8.42 Å². The number of alkyl halides is 3. The van der Waals surface area contributed by atoms with Crippen LogP contribution in [0.3, 0.4) is 0 Å². The minimum absolute atomic E-state index is 0.248. The van der Waals surface area contributed by atoms with Crippen LogP contribution in [-0.4, -0.2) is 19.9 Å². The maximum Gasteiger partial charge on any atom is 0.251 e. The summed E-state index contributed by atoms with van der Waals surface area (Å²) < 4.78 is 23.2. The molecule has 0 radical (unpaired) electrons. The second kappa shape index (κ2) is 5.82. The maximum atomic E-state index is 12.3. The Morgan fingerprint density at radius 1 is 1.05 bits per heavy atom. The first-order valence-corrected chi connectivity index (χ1v) is 9.30. The molecule has 0 spiro atoms. The third-order valence-corrected chi connectivity index (χ3v) is 7.56. The molecule has 0 N–H and O–H groups in total. The fourth-order valence-corrected chi connectivity index (χ4v) is 3.51. The molecule has 1 aromatic heterocycles. The number of aromatic nitrogens is 2. The van der Waals surface area contributed by atoms with Gasteiger partial charge in [-0.1, -0.05) is 30.3 Å². The summed E-state index contributed by atoms with van der Waals surface area (Å²) in [7, 11) is -3.80. The van der Waals surface area contributed by atoms with Crippen LogP contribution in [0, 0.1) is 6.92 Å². The summed E-state index contributed by atoms with van der Waals surface area (Å²) in [6.07, 6.45) is 0. The lowest BCUT2D eigenvalue weighted by atomic mass is 10.1. The van der Waals surface area contributed by atoms with E-state index in [0.717, 1.165) is 5.56 Å². The van der Waals surface area contributed by atoms with Gasteiger partial charge in [0, 0.05) is 11.3 Å². The van der Waals surface area contributed by atoms with Crippen molar-refractivity contribution >= 4 is 57.6 Å². The number of benzene rings is 1. The van der Waals surface area contributed by atoms with Gasteiger partial charge in [-0.05, 0) is 60.8 Å². The van der Waals surface area contributed by atoms with Gasteiger partial charge in [0.2, 0.25) is 11.3 Å². The molecule has 4 nitrogen and oxygen atoms in total. The molecule has 0 aliphatic heterocycles. The van der Waals surface area contributed by atoms with Crippen LogP contribution >= 0.6 is 47.8 Å². The molecule has 1 heterocycles. The van der Waals surface area contributed by atoms with Crippen LogP contribution in [0.25, 0.3) is 11.3 Å². The second-order valence-electron chi connectivity index (χ2n) is 3.99. The van der Waals surface area contributed by atoms with E-state index in [1.807, 2.05) is 30.3 Å². The molecule has 0 amide bonds. The van der Waals surface area contributed by atoms with Gasteiger partial charge in [-0.25, -0.2) is 18.4 Å². The Hall–Kier alpha value is -0.310. The zero-order chi connectivity index (χ0) is 15.0. The molecule has 1 aromatic carbocycles. The van der Waals surface area contributed by atoms with Crippen molar-refractivity contribution in [1.82, 2.24) is 9.97 Å². The molecule has 106 valence electrons. The van der Waals surface area contributed by atoms with Gasteiger partial charge in [0.1, 0.15) is 0 Å². The quantitative estimate of drug-likeness (QED) is 0.477. The van der Waals surface area contributed by atoms with Gasteiger partial charge in [0.25, 0.3) is 5.16 Å². The van der Waals surface area contributed by atoms with Gasteiger partial charge < -0.3 is 0 Å². The van der Waals surface area contributed by atoms with Crippen LogP contribution in [-0.2, 0) is 9.84 Å². The molecule has 0 saturated carbocycles. The van der Waals surface area contributed by atoms with E-state index in [2.05, 4.69) is 57.8 Å². The molecular formula is C12H9Br3N2O2S. The summed E-state index contributed by atoms with van der Waals surface area (Å²) in [6, 6.07) is 11.1. The highest BCUT2D eigenvalue weighted by molar-refractivity contribution is 9.42. The number of sulfone groups is 1. The Bertz CT molecular complexity index is 728. The van der Waals surface area contributed by atoms with Crippen LogP contribution in [0.4, 0.5) is 0 Å². The van der Waals surface area contributed by atoms with Crippen molar-refractivity contribution in [3.05, 3.63) is 42.1 Å². The highest BCUT2D eigenvalue weighted by Crippen LogP contribution is 2.42. The van der Waals surface area contributed by atoms with Gasteiger partial charge in [-0.2, -0.15) is 0 Å². The number of aryl methyl sites for hydroxylation is 1. The summed E-state index contributed by atoms with van der Waals surface area (Å²) in [5.41, 5.74) is 1.97. The van der Waals surface area contributed by atoms with Crippen LogP contribution in [0.5, 0.6) is 0 Å². The minimum atomic E-state index is -3.80. The zero-order valence-corrected chi connectivity index (χ0v) is 15.8. The first kappa shape index (κ1) is 16.1. The SMILES string of the molecule is Cc1cc(-c2ccccc2)nc(S(=O)(=O)C(Br)(Br)Br)n1. The van der Waals surface area contributed by atoms with Gasteiger partial charge in [0.05, 0.1) is 5.69 Å². The maximum absolute atomic E-state index is 12.3. The molecule has 0 aliphatic carbocycles. The first-order valence-electron chi connectivity index (χ1n) is 5.44. The zero-order valence-electron chi connectivity index (χ0n) is 10.2. The van der Waals surface area contributed by atoms with E-state index in [-0.39, 0.29) is 5.16 Å². The lowest BCUT2D eigenvalue weighted by Gasteiger charge is -2.13. The molecule has 2 rings (SSSR count). The Morgan fingerprint density at radius 3 is 2.20 bits per heavy atom. The minimum Gasteiger partial charge on any atom is -0.223 e. The summed E-state index contributed by atoms with van der Waals surface area (Å²) in [6.45, 7) is 1.73. The number of rotatable bonds is 2. The Balaban J connectivity index is 2.62. The van der Waals surface area contributed by atoms with E-state index >= 15 is 0 Å². The molecule has 0 saturated heterocycles. The van der Waals surface area contributed by atoms with E-state index in [0.29, 0.717) is 11.4 Å². The van der Waals surface area contributed by atoms with E-state index < -0.39 is 11.3 Å². The van der Waals surface area contributed by atoms with Crippen LogP contribution in [0.15, 0.2) is 41.6 Å². The summed E-state index contributed by atoms with van der Waals surface area (Å²) in [5, 5.41) is -0.248. The lowest BCUT2D eigenvalue weighted by Crippen LogP contribution is -2.21. The van der Waals surface area contributed by atoms with Crippen molar-refractivity contribution in [2.24, 2.45) is 0 Å². The highest BCUT2D eigenvalue weighted by atomic mass is 80.0. The number of hydrogen-bond donors (Lipinski definition) is 0. The topological polar surface area (TPSA) is 59.9 Å². The predicted molar refractivity (Wildman–Crippen MR) is 88.9 cm³/mol. The van der Waals surface area contributed by atoms with Gasteiger partial charge in [0.15, 0.2) is 0 Å². The van der Waals surface area contributed by atoms with Crippen molar-refractivity contribution in [3.63, 3.8) is 0 Å². The Morgan fingerprint density at radius 2 is 1.65 bits per heavy atom. The van der Waals surface area contributed by atoms with E-state index in [1.54, 1.807) is 13.0 Å². The van der Waals surface area contributed by atoms with Crippen LogP contribution in [0.1, 0.15) is 5.69 Å². The smallest absolute Gasteiger partial charge is 0.223 e. The predicted octanol–water partition coefficient (Wildman–Crippen LogP) is 4.02. The second-order valence-corrected chi connectivity index (χ2v) is 14.3. The molecule has 0 atom stereocenters. The first-order chi connectivity index (χ1) is 9.22. The average Bonchev–Trinajstić information content (AvgIpc) is 2.37. The molecule has 20 heavy (non-hydrogen) atoms. The third-order valence-electron chi connectivity index (χ3n) is 2.45.